The maximum atomic E-state index is 12.9. The Labute approximate surface area is 171 Å². The quantitative estimate of drug-likeness (QED) is 0.396. The van der Waals surface area contributed by atoms with E-state index < -0.39 is 5.97 Å². The zero-order valence-electron chi connectivity index (χ0n) is 15.4. The van der Waals surface area contributed by atoms with Crippen molar-refractivity contribution in [3.8, 4) is 5.75 Å². The Kier molecular flexibility index (Phi) is 5.06. The molecule has 4 rings (SSSR count). The maximum absolute atomic E-state index is 12.9. The van der Waals surface area contributed by atoms with E-state index in [0.717, 1.165) is 23.7 Å². The standard InChI is InChI=1S/C22H20BrNO4/c1-13-5-10-18-19(11-13)21(26)24(20(18)25)16-3-2-4-17(12-16)28-22(27)14-6-8-15(23)9-7-14/h2-4,6-9,12-13,18-19H,5,10-11H2,1H3. The van der Waals surface area contributed by atoms with Crippen molar-refractivity contribution in [3.63, 3.8) is 0 Å². The summed E-state index contributed by atoms with van der Waals surface area (Å²) >= 11 is 3.33. The van der Waals surface area contributed by atoms with E-state index in [2.05, 4.69) is 22.9 Å². The summed E-state index contributed by atoms with van der Waals surface area (Å²) in [6.45, 7) is 2.12. The average Bonchev–Trinajstić information content (AvgIpc) is 2.92. The van der Waals surface area contributed by atoms with Crippen molar-refractivity contribution < 1.29 is 19.1 Å². The van der Waals surface area contributed by atoms with Crippen LogP contribution in [0.25, 0.3) is 0 Å². The number of rotatable bonds is 3. The number of ether oxygens (including phenoxy) is 1. The van der Waals surface area contributed by atoms with Crippen molar-refractivity contribution in [2.75, 3.05) is 4.90 Å². The lowest BCUT2D eigenvalue weighted by Gasteiger charge is -2.25. The summed E-state index contributed by atoms with van der Waals surface area (Å²) in [6, 6.07) is 13.5. The van der Waals surface area contributed by atoms with Crippen LogP contribution in [0.3, 0.4) is 0 Å². The molecule has 144 valence electrons. The molecule has 2 aliphatic rings. The van der Waals surface area contributed by atoms with E-state index in [9.17, 15) is 14.4 Å². The van der Waals surface area contributed by atoms with Crippen LogP contribution in [-0.4, -0.2) is 17.8 Å². The molecular weight excluding hydrogens is 422 g/mol. The van der Waals surface area contributed by atoms with Crippen molar-refractivity contribution in [1.29, 1.82) is 0 Å². The number of halogens is 1. The first-order valence-corrected chi connectivity index (χ1v) is 10.2. The molecule has 1 saturated carbocycles. The highest BCUT2D eigenvalue weighted by atomic mass is 79.9. The Bertz CT molecular complexity index is 940. The Balaban J connectivity index is 1.55. The van der Waals surface area contributed by atoms with Gasteiger partial charge in [0.1, 0.15) is 5.75 Å². The summed E-state index contributed by atoms with van der Waals surface area (Å²) in [4.78, 5) is 39.3. The number of hydrogen-bond donors (Lipinski definition) is 0. The molecule has 3 unspecified atom stereocenters. The fraction of sp³-hybridized carbons (Fsp3) is 0.318. The van der Waals surface area contributed by atoms with Crippen LogP contribution in [0.4, 0.5) is 5.69 Å². The Morgan fingerprint density at radius 3 is 2.50 bits per heavy atom. The summed E-state index contributed by atoms with van der Waals surface area (Å²) in [5.74, 6) is -0.476. The third-order valence-corrected chi connectivity index (χ3v) is 6.08. The number of imide groups is 1. The molecule has 6 heteroatoms. The lowest BCUT2D eigenvalue weighted by atomic mass is 9.76. The summed E-state index contributed by atoms with van der Waals surface area (Å²) < 4.78 is 6.31. The minimum Gasteiger partial charge on any atom is -0.423 e. The number of amides is 2. The van der Waals surface area contributed by atoms with Gasteiger partial charge in [0.2, 0.25) is 11.8 Å². The van der Waals surface area contributed by atoms with Crippen molar-refractivity contribution in [2.24, 2.45) is 17.8 Å². The lowest BCUT2D eigenvalue weighted by molar-refractivity contribution is -0.122. The molecule has 28 heavy (non-hydrogen) atoms. The van der Waals surface area contributed by atoms with Gasteiger partial charge in [0.25, 0.3) is 0 Å². The zero-order chi connectivity index (χ0) is 19.8. The molecule has 1 heterocycles. The van der Waals surface area contributed by atoms with Crippen LogP contribution in [0.2, 0.25) is 0 Å². The number of carbonyl (C=O) groups excluding carboxylic acids is 3. The molecule has 0 spiro atoms. The molecule has 0 radical (unpaired) electrons. The van der Waals surface area contributed by atoms with Gasteiger partial charge in [-0.25, -0.2) is 9.69 Å². The van der Waals surface area contributed by atoms with Gasteiger partial charge < -0.3 is 4.74 Å². The first-order chi connectivity index (χ1) is 13.4. The SMILES string of the molecule is CC1CCC2C(=O)N(c3cccc(OC(=O)c4ccc(Br)cc4)c3)C(=O)C2C1. The van der Waals surface area contributed by atoms with E-state index in [1.165, 1.54) is 4.90 Å². The molecule has 0 N–H and O–H groups in total. The van der Waals surface area contributed by atoms with Crippen molar-refractivity contribution in [3.05, 3.63) is 58.6 Å². The van der Waals surface area contributed by atoms with Gasteiger partial charge >= 0.3 is 5.97 Å². The van der Waals surface area contributed by atoms with Crippen LogP contribution >= 0.6 is 15.9 Å². The predicted octanol–water partition coefficient (Wildman–Crippen LogP) is 4.59. The van der Waals surface area contributed by atoms with E-state index >= 15 is 0 Å². The highest BCUT2D eigenvalue weighted by molar-refractivity contribution is 9.10. The van der Waals surface area contributed by atoms with Crippen molar-refractivity contribution in [1.82, 2.24) is 0 Å². The van der Waals surface area contributed by atoms with Crippen LogP contribution in [0.15, 0.2) is 53.0 Å². The topological polar surface area (TPSA) is 63.7 Å². The second-order valence-electron chi connectivity index (χ2n) is 7.54. The molecule has 2 aromatic carbocycles. The number of benzene rings is 2. The number of fused-ring (bicyclic) bond motifs is 1. The summed E-state index contributed by atoms with van der Waals surface area (Å²) in [5, 5.41) is 0. The summed E-state index contributed by atoms with van der Waals surface area (Å²) in [7, 11) is 0. The van der Waals surface area contributed by atoms with Crippen LogP contribution in [-0.2, 0) is 9.59 Å². The molecule has 0 bridgehead atoms. The monoisotopic (exact) mass is 441 g/mol. The van der Waals surface area contributed by atoms with Crippen molar-refractivity contribution >= 4 is 39.4 Å². The lowest BCUT2D eigenvalue weighted by Crippen LogP contribution is -2.30. The number of esters is 1. The van der Waals surface area contributed by atoms with Gasteiger partial charge in [-0.15, -0.1) is 0 Å². The molecule has 1 aliphatic heterocycles. The largest absolute Gasteiger partial charge is 0.423 e. The minimum atomic E-state index is -0.494. The van der Waals surface area contributed by atoms with Crippen LogP contribution in [0.5, 0.6) is 5.75 Å². The second-order valence-corrected chi connectivity index (χ2v) is 8.45. The Morgan fingerprint density at radius 1 is 1.04 bits per heavy atom. The Morgan fingerprint density at radius 2 is 1.75 bits per heavy atom. The number of hydrogen-bond acceptors (Lipinski definition) is 4. The molecule has 1 saturated heterocycles. The first-order valence-electron chi connectivity index (χ1n) is 9.39. The third kappa shape index (κ3) is 3.49. The van der Waals surface area contributed by atoms with Gasteiger partial charge in [-0.3, -0.25) is 9.59 Å². The Hall–Kier alpha value is -2.47. The fourth-order valence-corrected chi connectivity index (χ4v) is 4.35. The minimum absolute atomic E-state index is 0.140. The van der Waals surface area contributed by atoms with E-state index in [4.69, 9.17) is 4.74 Å². The molecule has 2 fully saturated rings. The number of anilines is 1. The maximum Gasteiger partial charge on any atom is 0.343 e. The van der Waals surface area contributed by atoms with E-state index in [-0.39, 0.29) is 23.7 Å². The van der Waals surface area contributed by atoms with Crippen LogP contribution < -0.4 is 9.64 Å². The zero-order valence-corrected chi connectivity index (χ0v) is 17.0. The van der Waals surface area contributed by atoms with Gasteiger partial charge in [0.05, 0.1) is 23.1 Å². The normalized spacial score (nSPS) is 24.2. The summed E-state index contributed by atoms with van der Waals surface area (Å²) in [6.07, 6.45) is 2.48. The molecule has 2 amide bonds. The molecule has 3 atom stereocenters. The van der Waals surface area contributed by atoms with Crippen molar-refractivity contribution in [2.45, 2.75) is 26.2 Å². The van der Waals surface area contributed by atoms with Crippen LogP contribution in [0, 0.1) is 17.8 Å². The van der Waals surface area contributed by atoms with Gasteiger partial charge in [-0.2, -0.15) is 0 Å². The highest BCUT2D eigenvalue weighted by Gasteiger charge is 2.50. The fourth-order valence-electron chi connectivity index (χ4n) is 4.08. The summed E-state index contributed by atoms with van der Waals surface area (Å²) in [5.41, 5.74) is 0.875. The second kappa shape index (κ2) is 7.51. The molecule has 2 aromatic rings. The third-order valence-electron chi connectivity index (χ3n) is 5.55. The van der Waals surface area contributed by atoms with Gasteiger partial charge in [0.15, 0.2) is 0 Å². The van der Waals surface area contributed by atoms with Gasteiger partial charge in [-0.1, -0.05) is 28.9 Å². The average molecular weight is 442 g/mol. The smallest absolute Gasteiger partial charge is 0.343 e. The molecule has 5 nitrogen and oxygen atoms in total. The number of nitrogens with zero attached hydrogens (tertiary/aromatic N) is 1. The molecule has 1 aliphatic carbocycles. The van der Waals surface area contributed by atoms with E-state index in [0.29, 0.717) is 22.9 Å². The van der Waals surface area contributed by atoms with Crippen LogP contribution in [0.1, 0.15) is 36.5 Å². The van der Waals surface area contributed by atoms with Gasteiger partial charge in [0, 0.05) is 10.5 Å². The number of carbonyl (C=O) groups is 3. The molecule has 0 aromatic heterocycles. The van der Waals surface area contributed by atoms with E-state index in [1.54, 1.807) is 48.5 Å². The highest BCUT2D eigenvalue weighted by Crippen LogP contribution is 2.42. The molecular formula is C22H20BrNO4. The van der Waals surface area contributed by atoms with E-state index in [1.807, 2.05) is 0 Å². The first kappa shape index (κ1) is 18.9. The predicted molar refractivity (Wildman–Crippen MR) is 108 cm³/mol. The van der Waals surface area contributed by atoms with Gasteiger partial charge in [-0.05, 0) is 61.6 Å².